The van der Waals surface area contributed by atoms with Crippen LogP contribution in [-0.4, -0.2) is 76.3 Å². The van der Waals surface area contributed by atoms with Crippen molar-refractivity contribution in [2.24, 2.45) is 0 Å². The molecule has 0 aromatic carbocycles. The summed E-state index contributed by atoms with van der Waals surface area (Å²) in [6.07, 6.45) is 2.68. The lowest BCUT2D eigenvalue weighted by molar-refractivity contribution is -0.908. The first kappa shape index (κ1) is 20.8. The summed E-state index contributed by atoms with van der Waals surface area (Å²) >= 11 is 0. The van der Waals surface area contributed by atoms with Crippen LogP contribution in [0.5, 0.6) is 0 Å². The highest BCUT2D eigenvalue weighted by molar-refractivity contribution is 7.85. The van der Waals surface area contributed by atoms with Gasteiger partial charge < -0.3 is 14.0 Å². The molecule has 0 aromatic heterocycles. The third-order valence-corrected chi connectivity index (χ3v) is 4.46. The molecule has 21 heavy (non-hydrogen) atoms. The minimum absolute atomic E-state index is 0.174. The van der Waals surface area contributed by atoms with E-state index in [-0.39, 0.29) is 5.75 Å². The summed E-state index contributed by atoms with van der Waals surface area (Å²) in [5.41, 5.74) is 0. The maximum atomic E-state index is 10.7. The van der Waals surface area contributed by atoms with Gasteiger partial charge in [0.15, 0.2) is 0 Å². The maximum Gasteiger partial charge on any atom is 0.265 e. The number of unbranched alkanes of at least 4 members (excludes halogenated alkanes) is 1. The van der Waals surface area contributed by atoms with Crippen LogP contribution in [0.2, 0.25) is 0 Å². The SMILES string of the molecule is CCCCOCCOCC[N+](C)(CC)CCCS(=O)(=O)O. The van der Waals surface area contributed by atoms with Crippen LogP contribution < -0.4 is 0 Å². The first-order chi connectivity index (χ1) is 9.83. The Morgan fingerprint density at radius 3 is 2.10 bits per heavy atom. The van der Waals surface area contributed by atoms with Crippen molar-refractivity contribution in [1.82, 2.24) is 0 Å². The summed E-state index contributed by atoms with van der Waals surface area (Å²) < 4.78 is 41.9. The molecule has 1 atom stereocenters. The number of hydrogen-bond acceptors (Lipinski definition) is 4. The number of ether oxygens (including phenoxy) is 2. The second kappa shape index (κ2) is 11.4. The molecule has 0 spiro atoms. The highest BCUT2D eigenvalue weighted by Crippen LogP contribution is 2.05. The highest BCUT2D eigenvalue weighted by Gasteiger charge is 2.19. The lowest BCUT2D eigenvalue weighted by atomic mass is 10.3. The molecule has 7 heteroatoms. The third kappa shape index (κ3) is 13.2. The van der Waals surface area contributed by atoms with Crippen LogP contribution in [-0.2, 0) is 19.6 Å². The fourth-order valence-electron chi connectivity index (χ4n) is 1.91. The topological polar surface area (TPSA) is 72.8 Å². The molecule has 1 N–H and O–H groups in total. The molecule has 0 aliphatic heterocycles. The highest BCUT2D eigenvalue weighted by atomic mass is 32.2. The molecule has 0 heterocycles. The minimum atomic E-state index is -3.85. The molecule has 0 amide bonds. The van der Waals surface area contributed by atoms with Gasteiger partial charge in [-0.2, -0.15) is 8.42 Å². The number of hydrogen-bond donors (Lipinski definition) is 1. The van der Waals surface area contributed by atoms with E-state index in [0.29, 0.717) is 32.8 Å². The van der Waals surface area contributed by atoms with E-state index in [1.54, 1.807) is 0 Å². The Morgan fingerprint density at radius 2 is 1.57 bits per heavy atom. The van der Waals surface area contributed by atoms with Crippen LogP contribution in [0.1, 0.15) is 33.1 Å². The van der Waals surface area contributed by atoms with Gasteiger partial charge in [-0.05, 0) is 13.3 Å². The van der Waals surface area contributed by atoms with Gasteiger partial charge in [0.05, 0.1) is 45.7 Å². The van der Waals surface area contributed by atoms with Crippen LogP contribution in [0.25, 0.3) is 0 Å². The predicted molar refractivity (Wildman–Crippen MR) is 84.0 cm³/mol. The first-order valence-electron chi connectivity index (χ1n) is 7.77. The number of rotatable bonds is 14. The quantitative estimate of drug-likeness (QED) is 0.298. The van der Waals surface area contributed by atoms with Gasteiger partial charge in [0, 0.05) is 13.0 Å². The molecule has 0 bridgehead atoms. The molecule has 0 saturated carbocycles. The summed E-state index contributed by atoms with van der Waals surface area (Å²) in [6.45, 7) is 9.29. The van der Waals surface area contributed by atoms with Gasteiger partial charge in [-0.15, -0.1) is 0 Å². The van der Waals surface area contributed by atoms with Gasteiger partial charge in [0.2, 0.25) is 0 Å². The third-order valence-electron chi connectivity index (χ3n) is 3.65. The van der Waals surface area contributed by atoms with Crippen LogP contribution in [0, 0.1) is 0 Å². The molecule has 1 unspecified atom stereocenters. The lowest BCUT2D eigenvalue weighted by Crippen LogP contribution is -2.47. The Bertz CT molecular complexity index is 347. The number of likely N-dealkylation sites (N-methyl/N-ethyl adjacent to an activating group) is 1. The van der Waals surface area contributed by atoms with Crippen LogP contribution in [0.4, 0.5) is 0 Å². The Labute approximate surface area is 129 Å². The van der Waals surface area contributed by atoms with Crippen molar-refractivity contribution in [3.8, 4) is 0 Å². The zero-order chi connectivity index (χ0) is 16.2. The van der Waals surface area contributed by atoms with Crippen molar-refractivity contribution >= 4 is 10.1 Å². The molecule has 0 rings (SSSR count). The molecule has 0 aliphatic carbocycles. The summed E-state index contributed by atoms with van der Waals surface area (Å²) in [7, 11) is -1.78. The van der Waals surface area contributed by atoms with Gasteiger partial charge in [-0.25, -0.2) is 0 Å². The number of quaternary nitrogens is 1. The second-order valence-electron chi connectivity index (χ2n) is 5.60. The molecule has 128 valence electrons. The van der Waals surface area contributed by atoms with E-state index in [1.165, 1.54) is 0 Å². The van der Waals surface area contributed by atoms with E-state index in [0.717, 1.165) is 37.0 Å². The van der Waals surface area contributed by atoms with E-state index >= 15 is 0 Å². The standard InChI is InChI=1S/C14H31NO5S/c1-4-6-10-19-12-13-20-11-9-15(3,5-2)8-7-14-21(16,17)18/h4-14H2,1-3H3/p+1. The summed E-state index contributed by atoms with van der Waals surface area (Å²) in [4.78, 5) is 0. The summed E-state index contributed by atoms with van der Waals surface area (Å²) in [5.74, 6) is -0.174. The molecule has 0 aliphatic rings. The molecule has 0 aromatic rings. The van der Waals surface area contributed by atoms with Crippen LogP contribution in [0.3, 0.4) is 0 Å². The predicted octanol–water partition coefficient (Wildman–Crippen LogP) is 1.56. The Kier molecular flexibility index (Phi) is 11.3. The van der Waals surface area contributed by atoms with E-state index in [1.807, 2.05) is 0 Å². The van der Waals surface area contributed by atoms with E-state index in [4.69, 9.17) is 14.0 Å². The second-order valence-corrected chi connectivity index (χ2v) is 7.17. The zero-order valence-electron chi connectivity index (χ0n) is 13.7. The van der Waals surface area contributed by atoms with Crippen molar-refractivity contribution in [3.63, 3.8) is 0 Å². The molecular weight excluding hydrogens is 294 g/mol. The van der Waals surface area contributed by atoms with Gasteiger partial charge in [-0.3, -0.25) is 4.55 Å². The van der Waals surface area contributed by atoms with Crippen molar-refractivity contribution in [2.75, 3.05) is 58.9 Å². The average Bonchev–Trinajstić information content (AvgIpc) is 2.40. The summed E-state index contributed by atoms with van der Waals surface area (Å²) in [5, 5.41) is 0. The molecule has 0 radical (unpaired) electrons. The zero-order valence-corrected chi connectivity index (χ0v) is 14.5. The van der Waals surface area contributed by atoms with Crippen molar-refractivity contribution in [1.29, 1.82) is 0 Å². The van der Waals surface area contributed by atoms with Gasteiger partial charge in [0.25, 0.3) is 10.1 Å². The summed E-state index contributed by atoms with van der Waals surface area (Å²) in [6, 6.07) is 0. The lowest BCUT2D eigenvalue weighted by Gasteiger charge is -2.33. The van der Waals surface area contributed by atoms with Crippen molar-refractivity contribution in [2.45, 2.75) is 33.1 Å². The first-order valence-corrected chi connectivity index (χ1v) is 9.38. The Morgan fingerprint density at radius 1 is 0.952 bits per heavy atom. The molecule has 6 nitrogen and oxygen atoms in total. The largest absolute Gasteiger partial charge is 0.379 e. The monoisotopic (exact) mass is 326 g/mol. The maximum absolute atomic E-state index is 10.7. The van der Waals surface area contributed by atoms with E-state index in [2.05, 4.69) is 20.9 Å². The molecule has 0 fully saturated rings. The smallest absolute Gasteiger partial charge is 0.265 e. The number of nitrogens with zero attached hydrogens (tertiary/aromatic N) is 1. The Balaban J connectivity index is 3.72. The van der Waals surface area contributed by atoms with Crippen LogP contribution >= 0.6 is 0 Å². The molecular formula is C14H32NO5S+. The van der Waals surface area contributed by atoms with Gasteiger partial charge in [-0.1, -0.05) is 13.3 Å². The van der Waals surface area contributed by atoms with E-state index in [9.17, 15) is 8.42 Å². The fourth-order valence-corrected chi connectivity index (χ4v) is 2.40. The molecule has 0 saturated heterocycles. The fraction of sp³-hybridized carbons (Fsp3) is 1.00. The van der Waals surface area contributed by atoms with Gasteiger partial charge in [0.1, 0.15) is 6.54 Å². The van der Waals surface area contributed by atoms with Gasteiger partial charge >= 0.3 is 0 Å². The minimum Gasteiger partial charge on any atom is -0.379 e. The van der Waals surface area contributed by atoms with Crippen molar-refractivity contribution in [3.05, 3.63) is 0 Å². The van der Waals surface area contributed by atoms with Crippen LogP contribution in [0.15, 0.2) is 0 Å². The Hall–Kier alpha value is -0.210. The normalized spacial score (nSPS) is 15.0. The van der Waals surface area contributed by atoms with Crippen molar-refractivity contribution < 1.29 is 26.9 Å². The average molecular weight is 326 g/mol. The van der Waals surface area contributed by atoms with E-state index < -0.39 is 10.1 Å².